The fourth-order valence-electron chi connectivity index (χ4n) is 1.50. The maximum Gasteiger partial charge on any atom is 0.258 e. The second-order valence-corrected chi connectivity index (χ2v) is 4.07. The zero-order valence-corrected chi connectivity index (χ0v) is 11.0. The summed E-state index contributed by atoms with van der Waals surface area (Å²) in [4.78, 5) is 11.6. The van der Waals surface area contributed by atoms with E-state index < -0.39 is 0 Å². The van der Waals surface area contributed by atoms with Crippen LogP contribution in [-0.2, 0) is 11.3 Å². The van der Waals surface area contributed by atoms with Crippen LogP contribution in [0.25, 0.3) is 0 Å². The van der Waals surface area contributed by atoms with Crippen molar-refractivity contribution < 1.29 is 19.3 Å². The van der Waals surface area contributed by atoms with Crippen LogP contribution in [0.4, 0.5) is 0 Å². The highest BCUT2D eigenvalue weighted by Crippen LogP contribution is 2.11. The fourth-order valence-corrected chi connectivity index (χ4v) is 1.50. The fraction of sp³-hybridized carbons (Fsp3) is 0.154. The molecule has 0 aliphatic rings. The molecule has 1 aromatic heterocycles. The van der Waals surface area contributed by atoms with Gasteiger partial charge in [0.2, 0.25) is 0 Å². The average molecular weight is 290 g/mol. The lowest BCUT2D eigenvalue weighted by molar-refractivity contribution is -0.123. The van der Waals surface area contributed by atoms with Crippen LogP contribution < -0.4 is 15.8 Å². The molecule has 1 heterocycles. The van der Waals surface area contributed by atoms with Crippen molar-refractivity contribution in [2.24, 2.45) is 10.9 Å². The molecule has 2 rings (SSSR count). The lowest BCUT2D eigenvalue weighted by Gasteiger charge is -2.07. The molecule has 0 bridgehead atoms. The van der Waals surface area contributed by atoms with Crippen LogP contribution in [0, 0.1) is 0 Å². The summed E-state index contributed by atoms with van der Waals surface area (Å²) in [5.74, 6) is 0.228. The topological polar surface area (TPSA) is 123 Å². The highest BCUT2D eigenvalue weighted by Gasteiger charge is 2.05. The number of oxime groups is 1. The molecule has 1 amide bonds. The van der Waals surface area contributed by atoms with Crippen molar-refractivity contribution in [1.82, 2.24) is 10.5 Å². The second-order valence-electron chi connectivity index (χ2n) is 4.07. The molecule has 0 spiro atoms. The molecule has 4 N–H and O–H groups in total. The number of hydrogen-bond donors (Lipinski definition) is 3. The van der Waals surface area contributed by atoms with Crippen LogP contribution >= 0.6 is 0 Å². The van der Waals surface area contributed by atoms with Crippen molar-refractivity contribution >= 4 is 11.7 Å². The maximum absolute atomic E-state index is 11.6. The van der Waals surface area contributed by atoms with Crippen LogP contribution in [-0.4, -0.2) is 28.7 Å². The third kappa shape index (κ3) is 4.23. The normalized spacial score (nSPS) is 11.1. The number of hydrogen-bond acceptors (Lipinski definition) is 6. The maximum atomic E-state index is 11.6. The molecule has 110 valence electrons. The Labute approximate surface area is 120 Å². The number of nitrogens with two attached hydrogens (primary N) is 1. The highest BCUT2D eigenvalue weighted by atomic mass is 16.5. The number of carbonyl (C=O) groups is 1. The van der Waals surface area contributed by atoms with Crippen molar-refractivity contribution in [3.05, 3.63) is 47.9 Å². The number of aromatic nitrogens is 1. The molecule has 1 aromatic carbocycles. The molecular formula is C13H14N4O4. The van der Waals surface area contributed by atoms with Crippen LogP contribution in [0.15, 0.2) is 46.3 Å². The van der Waals surface area contributed by atoms with E-state index in [0.717, 1.165) is 0 Å². The summed E-state index contributed by atoms with van der Waals surface area (Å²) in [5.41, 5.74) is 6.62. The number of nitrogens with one attached hydrogen (secondary N) is 1. The highest BCUT2D eigenvalue weighted by molar-refractivity contribution is 5.97. The minimum atomic E-state index is -0.279. The van der Waals surface area contributed by atoms with E-state index in [-0.39, 0.29) is 24.9 Å². The number of benzene rings is 1. The summed E-state index contributed by atoms with van der Waals surface area (Å²) in [6.45, 7) is 0.155. The standard InChI is InChI=1S/C13H14N4O4/c14-13(16-19)9-1-3-11(4-2-9)20-8-12(18)15-7-10-5-6-21-17-10/h1-6,19H,7-8H2,(H2,14,16)(H,15,18). The molecule has 0 saturated carbocycles. The van der Waals surface area contributed by atoms with Gasteiger partial charge in [-0.15, -0.1) is 0 Å². The van der Waals surface area contributed by atoms with E-state index in [0.29, 0.717) is 17.0 Å². The van der Waals surface area contributed by atoms with Gasteiger partial charge in [-0.1, -0.05) is 10.3 Å². The Bertz CT molecular complexity index is 608. The molecule has 0 unspecified atom stereocenters. The predicted molar refractivity (Wildman–Crippen MR) is 72.8 cm³/mol. The Hall–Kier alpha value is -3.03. The van der Waals surface area contributed by atoms with Crippen LogP contribution in [0.3, 0.4) is 0 Å². The SMILES string of the molecule is N/C(=N/O)c1ccc(OCC(=O)NCc2ccon2)cc1. The molecule has 0 radical (unpaired) electrons. The third-order valence-corrected chi connectivity index (χ3v) is 2.59. The van der Waals surface area contributed by atoms with Crippen molar-refractivity contribution in [3.8, 4) is 5.75 Å². The van der Waals surface area contributed by atoms with Gasteiger partial charge in [-0.25, -0.2) is 0 Å². The van der Waals surface area contributed by atoms with Gasteiger partial charge in [0.15, 0.2) is 12.4 Å². The number of amides is 1. The second kappa shape index (κ2) is 6.94. The van der Waals surface area contributed by atoms with Crippen molar-refractivity contribution in [2.45, 2.75) is 6.54 Å². The van der Waals surface area contributed by atoms with E-state index in [4.69, 9.17) is 15.7 Å². The average Bonchev–Trinajstić information content (AvgIpc) is 3.04. The molecule has 21 heavy (non-hydrogen) atoms. The van der Waals surface area contributed by atoms with Crippen LogP contribution in [0.2, 0.25) is 0 Å². The Morgan fingerprint density at radius 2 is 2.14 bits per heavy atom. The minimum Gasteiger partial charge on any atom is -0.484 e. The van der Waals surface area contributed by atoms with E-state index in [1.54, 1.807) is 30.3 Å². The molecule has 0 atom stereocenters. The van der Waals surface area contributed by atoms with Gasteiger partial charge >= 0.3 is 0 Å². The van der Waals surface area contributed by atoms with E-state index >= 15 is 0 Å². The summed E-state index contributed by atoms with van der Waals surface area (Å²) in [6.07, 6.45) is 1.43. The monoisotopic (exact) mass is 290 g/mol. The Balaban J connectivity index is 1.78. The van der Waals surface area contributed by atoms with Gasteiger partial charge in [-0.2, -0.15) is 0 Å². The van der Waals surface area contributed by atoms with Gasteiger partial charge < -0.3 is 25.5 Å². The molecule has 0 aliphatic heterocycles. The van der Waals surface area contributed by atoms with Crippen molar-refractivity contribution in [3.63, 3.8) is 0 Å². The van der Waals surface area contributed by atoms with E-state index in [1.807, 2.05) is 0 Å². The molecule has 2 aromatic rings. The first-order valence-corrected chi connectivity index (χ1v) is 6.06. The van der Waals surface area contributed by atoms with Gasteiger partial charge in [-0.3, -0.25) is 4.79 Å². The van der Waals surface area contributed by atoms with Gasteiger partial charge in [0.25, 0.3) is 5.91 Å². The number of amidine groups is 1. The molecule has 0 saturated heterocycles. The first-order chi connectivity index (χ1) is 10.2. The van der Waals surface area contributed by atoms with Gasteiger partial charge in [0, 0.05) is 11.6 Å². The predicted octanol–water partition coefficient (Wildman–Crippen LogP) is 0.464. The van der Waals surface area contributed by atoms with E-state index in [1.165, 1.54) is 6.26 Å². The van der Waals surface area contributed by atoms with Crippen LogP contribution in [0.1, 0.15) is 11.3 Å². The first kappa shape index (κ1) is 14.4. The number of rotatable bonds is 6. The lowest BCUT2D eigenvalue weighted by Crippen LogP contribution is -2.28. The molecule has 0 fully saturated rings. The summed E-state index contributed by atoms with van der Waals surface area (Å²) in [5, 5.41) is 17.7. The zero-order chi connectivity index (χ0) is 15.1. The number of nitrogens with zero attached hydrogens (tertiary/aromatic N) is 2. The van der Waals surface area contributed by atoms with E-state index in [9.17, 15) is 4.79 Å². The number of ether oxygens (including phenoxy) is 1. The molecule has 8 heteroatoms. The summed E-state index contributed by atoms with van der Waals surface area (Å²) < 4.78 is 9.95. The minimum absolute atomic E-state index is 0.00639. The van der Waals surface area contributed by atoms with Crippen LogP contribution in [0.5, 0.6) is 5.75 Å². The van der Waals surface area contributed by atoms with Gasteiger partial charge in [0.1, 0.15) is 17.7 Å². The summed E-state index contributed by atoms with van der Waals surface area (Å²) in [7, 11) is 0. The molecular weight excluding hydrogens is 276 g/mol. The summed E-state index contributed by atoms with van der Waals surface area (Å²) >= 11 is 0. The van der Waals surface area contributed by atoms with Gasteiger partial charge in [0.05, 0.1) is 6.54 Å². The smallest absolute Gasteiger partial charge is 0.258 e. The Kier molecular flexibility index (Phi) is 4.75. The Morgan fingerprint density at radius 1 is 1.38 bits per heavy atom. The van der Waals surface area contributed by atoms with E-state index in [2.05, 4.69) is 20.2 Å². The molecule has 8 nitrogen and oxygen atoms in total. The van der Waals surface area contributed by atoms with Gasteiger partial charge in [-0.05, 0) is 24.3 Å². The zero-order valence-electron chi connectivity index (χ0n) is 11.0. The third-order valence-electron chi connectivity index (χ3n) is 2.59. The summed E-state index contributed by atoms with van der Waals surface area (Å²) in [6, 6.07) is 8.15. The van der Waals surface area contributed by atoms with Crippen molar-refractivity contribution in [1.29, 1.82) is 0 Å². The Morgan fingerprint density at radius 3 is 2.76 bits per heavy atom. The first-order valence-electron chi connectivity index (χ1n) is 6.06. The lowest BCUT2D eigenvalue weighted by atomic mass is 10.2. The number of carbonyl (C=O) groups excluding carboxylic acids is 1. The quantitative estimate of drug-likeness (QED) is 0.307. The van der Waals surface area contributed by atoms with Crippen molar-refractivity contribution in [2.75, 3.05) is 6.61 Å². The molecule has 0 aliphatic carbocycles. The largest absolute Gasteiger partial charge is 0.484 e.